The summed E-state index contributed by atoms with van der Waals surface area (Å²) in [6.45, 7) is 10.7. The van der Waals surface area contributed by atoms with Gasteiger partial charge in [0, 0.05) is 12.6 Å². The van der Waals surface area contributed by atoms with Crippen molar-refractivity contribution in [2.24, 2.45) is 5.73 Å². The van der Waals surface area contributed by atoms with Gasteiger partial charge in [-0.25, -0.2) is 0 Å². The number of thiocarbonyl (C=S) groups is 1. The molecule has 0 aliphatic rings. The van der Waals surface area contributed by atoms with Crippen molar-refractivity contribution in [2.45, 2.75) is 59.4 Å². The fourth-order valence-corrected chi connectivity index (χ4v) is 2.39. The number of nitrogens with two attached hydrogens (primary N) is 1. The smallest absolute Gasteiger partial charge is 0.162 e. The molecule has 1 rings (SSSR count). The summed E-state index contributed by atoms with van der Waals surface area (Å²) in [5.41, 5.74) is 8.96. The minimum Gasteiger partial charge on any atom is -0.389 e. The van der Waals surface area contributed by atoms with Gasteiger partial charge >= 0.3 is 0 Å². The molecule has 0 saturated carbocycles. The lowest BCUT2D eigenvalue weighted by Crippen LogP contribution is -2.42. The van der Waals surface area contributed by atoms with Gasteiger partial charge < -0.3 is 10.6 Å². The van der Waals surface area contributed by atoms with Crippen LogP contribution in [-0.2, 0) is 12.8 Å². The molecular weight excluding hydrogens is 268 g/mol. The molecule has 1 heterocycles. The minimum absolute atomic E-state index is 0.0209. The maximum atomic E-state index is 5.97. The third kappa shape index (κ3) is 3.08. The molecular formula is C15H26N4S. The molecule has 0 unspecified atom stereocenters. The van der Waals surface area contributed by atoms with Gasteiger partial charge in [-0.3, -0.25) is 0 Å². The summed E-state index contributed by atoms with van der Waals surface area (Å²) in [7, 11) is 2.03. The third-order valence-corrected chi connectivity index (χ3v) is 4.37. The summed E-state index contributed by atoms with van der Waals surface area (Å²) in [6.07, 6.45) is 2.70. The lowest BCUT2D eigenvalue weighted by molar-refractivity contribution is 0.465. The van der Waals surface area contributed by atoms with E-state index in [-0.39, 0.29) is 5.54 Å². The molecule has 4 nitrogen and oxygen atoms in total. The first-order chi connectivity index (χ1) is 9.30. The summed E-state index contributed by atoms with van der Waals surface area (Å²) in [4.78, 5) is 2.54. The molecule has 1 aromatic heterocycles. The van der Waals surface area contributed by atoms with Crippen LogP contribution in [0.4, 0.5) is 5.82 Å². The van der Waals surface area contributed by atoms with E-state index in [0.717, 1.165) is 41.9 Å². The standard InChI is InChI=1S/C15H26N4S/c1-7-10-11(8-2)17-18-14(12(10)13(16)20)19(6)15(4,5)9-3/h7-9H2,1-6H3,(H2,16,20). The van der Waals surface area contributed by atoms with Crippen LogP contribution in [0.25, 0.3) is 0 Å². The van der Waals surface area contributed by atoms with Gasteiger partial charge in [-0.15, -0.1) is 5.10 Å². The van der Waals surface area contributed by atoms with Crippen molar-refractivity contribution in [3.8, 4) is 0 Å². The Labute approximate surface area is 127 Å². The van der Waals surface area contributed by atoms with Crippen LogP contribution in [-0.4, -0.2) is 27.8 Å². The van der Waals surface area contributed by atoms with Gasteiger partial charge in [0.25, 0.3) is 0 Å². The van der Waals surface area contributed by atoms with Crippen LogP contribution in [0, 0.1) is 0 Å². The number of hydrogen-bond acceptors (Lipinski definition) is 4. The number of anilines is 1. The van der Waals surface area contributed by atoms with Crippen molar-refractivity contribution < 1.29 is 0 Å². The monoisotopic (exact) mass is 294 g/mol. The molecule has 2 N–H and O–H groups in total. The summed E-state index contributed by atoms with van der Waals surface area (Å²) >= 11 is 5.27. The SMILES string of the molecule is CCc1nnc(N(C)C(C)(C)CC)c(C(N)=S)c1CC. The number of hydrogen-bond donors (Lipinski definition) is 1. The Bertz CT molecular complexity index is 497. The molecule has 0 aliphatic carbocycles. The van der Waals surface area contributed by atoms with E-state index in [2.05, 4.69) is 49.7 Å². The van der Waals surface area contributed by atoms with E-state index in [1.165, 1.54) is 0 Å². The van der Waals surface area contributed by atoms with Crippen molar-refractivity contribution in [1.82, 2.24) is 10.2 Å². The fraction of sp³-hybridized carbons (Fsp3) is 0.667. The second-order valence-corrected chi connectivity index (χ2v) is 6.06. The van der Waals surface area contributed by atoms with E-state index < -0.39 is 0 Å². The molecule has 1 aromatic rings. The van der Waals surface area contributed by atoms with Crippen LogP contribution < -0.4 is 10.6 Å². The molecule has 0 bridgehead atoms. The van der Waals surface area contributed by atoms with Gasteiger partial charge in [0.1, 0.15) is 4.99 Å². The quantitative estimate of drug-likeness (QED) is 0.818. The van der Waals surface area contributed by atoms with Crippen molar-refractivity contribution in [3.05, 3.63) is 16.8 Å². The van der Waals surface area contributed by atoms with Gasteiger partial charge in [-0.05, 0) is 38.7 Å². The van der Waals surface area contributed by atoms with Crippen LogP contribution in [0.15, 0.2) is 0 Å². The summed E-state index contributed by atoms with van der Waals surface area (Å²) in [5.74, 6) is 0.790. The zero-order chi connectivity index (χ0) is 15.5. The Balaban J connectivity index is 3.52. The van der Waals surface area contributed by atoms with Crippen LogP contribution in [0.3, 0.4) is 0 Å². The number of aryl methyl sites for hydroxylation is 1. The average molecular weight is 294 g/mol. The molecule has 0 aromatic carbocycles. The molecule has 20 heavy (non-hydrogen) atoms. The molecule has 0 spiro atoms. The third-order valence-electron chi connectivity index (χ3n) is 4.16. The maximum Gasteiger partial charge on any atom is 0.162 e. The van der Waals surface area contributed by atoms with E-state index in [1.807, 2.05) is 7.05 Å². The van der Waals surface area contributed by atoms with Gasteiger partial charge in [0.15, 0.2) is 5.82 Å². The van der Waals surface area contributed by atoms with Gasteiger partial charge in [-0.1, -0.05) is 33.0 Å². The second-order valence-electron chi connectivity index (χ2n) is 5.62. The highest BCUT2D eigenvalue weighted by Crippen LogP contribution is 2.29. The number of rotatable bonds is 6. The molecule has 0 saturated heterocycles. The number of aromatic nitrogens is 2. The molecule has 0 amide bonds. The highest BCUT2D eigenvalue weighted by atomic mass is 32.1. The van der Waals surface area contributed by atoms with Crippen molar-refractivity contribution in [1.29, 1.82) is 0 Å². The Morgan fingerprint density at radius 1 is 1.20 bits per heavy atom. The van der Waals surface area contributed by atoms with Crippen molar-refractivity contribution in [3.63, 3.8) is 0 Å². The van der Waals surface area contributed by atoms with Crippen LogP contribution in [0.1, 0.15) is 57.9 Å². The zero-order valence-corrected chi connectivity index (χ0v) is 14.3. The molecule has 0 radical (unpaired) electrons. The molecule has 112 valence electrons. The summed E-state index contributed by atoms with van der Waals surface area (Å²) in [5, 5.41) is 8.77. The first-order valence-corrected chi connectivity index (χ1v) is 7.62. The second kappa shape index (κ2) is 6.48. The number of nitrogens with zero attached hydrogens (tertiary/aromatic N) is 3. The van der Waals surface area contributed by atoms with E-state index >= 15 is 0 Å². The summed E-state index contributed by atoms with van der Waals surface area (Å²) in [6, 6.07) is 0. The first kappa shape index (κ1) is 16.8. The zero-order valence-electron chi connectivity index (χ0n) is 13.4. The minimum atomic E-state index is -0.0209. The van der Waals surface area contributed by atoms with Crippen molar-refractivity contribution in [2.75, 3.05) is 11.9 Å². The highest BCUT2D eigenvalue weighted by Gasteiger charge is 2.27. The Kier molecular flexibility index (Phi) is 5.45. The van der Waals surface area contributed by atoms with Gasteiger partial charge in [0.2, 0.25) is 0 Å². The molecule has 0 aliphatic heterocycles. The maximum absolute atomic E-state index is 5.97. The normalized spacial score (nSPS) is 11.5. The lowest BCUT2D eigenvalue weighted by Gasteiger charge is -2.37. The topological polar surface area (TPSA) is 55.0 Å². The van der Waals surface area contributed by atoms with Gasteiger partial charge in [0.05, 0.1) is 11.3 Å². The van der Waals surface area contributed by atoms with E-state index in [0.29, 0.717) is 4.99 Å². The van der Waals surface area contributed by atoms with E-state index in [9.17, 15) is 0 Å². The Morgan fingerprint density at radius 2 is 1.80 bits per heavy atom. The molecule has 5 heteroatoms. The van der Waals surface area contributed by atoms with Crippen LogP contribution >= 0.6 is 12.2 Å². The predicted molar refractivity (Wildman–Crippen MR) is 89.4 cm³/mol. The lowest BCUT2D eigenvalue weighted by atomic mass is 9.97. The van der Waals surface area contributed by atoms with Gasteiger partial charge in [-0.2, -0.15) is 5.10 Å². The van der Waals surface area contributed by atoms with Crippen LogP contribution in [0.2, 0.25) is 0 Å². The highest BCUT2D eigenvalue weighted by molar-refractivity contribution is 7.80. The largest absolute Gasteiger partial charge is 0.389 e. The summed E-state index contributed by atoms with van der Waals surface area (Å²) < 4.78 is 0. The molecule has 0 atom stereocenters. The van der Waals surface area contributed by atoms with Crippen molar-refractivity contribution >= 4 is 23.0 Å². The average Bonchev–Trinajstić information content (AvgIpc) is 2.44. The van der Waals surface area contributed by atoms with Crippen LogP contribution in [0.5, 0.6) is 0 Å². The first-order valence-electron chi connectivity index (χ1n) is 7.22. The predicted octanol–water partition coefficient (Wildman–Crippen LogP) is 2.86. The fourth-order valence-electron chi connectivity index (χ4n) is 2.18. The molecule has 0 fully saturated rings. The van der Waals surface area contributed by atoms with E-state index in [1.54, 1.807) is 0 Å². The Morgan fingerprint density at radius 3 is 2.20 bits per heavy atom. The Hall–Kier alpha value is -1.23. The van der Waals surface area contributed by atoms with E-state index in [4.69, 9.17) is 18.0 Å².